The number of thiazole rings is 1. The minimum absolute atomic E-state index is 0.0952. The van der Waals surface area contributed by atoms with Crippen molar-refractivity contribution in [1.29, 1.82) is 0 Å². The molecule has 3 heteroatoms. The predicted molar refractivity (Wildman–Crippen MR) is 72.2 cm³/mol. The van der Waals surface area contributed by atoms with Gasteiger partial charge in [0.05, 0.1) is 11.7 Å². The first kappa shape index (κ1) is 10.9. The van der Waals surface area contributed by atoms with Crippen LogP contribution in [0.3, 0.4) is 0 Å². The summed E-state index contributed by atoms with van der Waals surface area (Å²) in [6, 6.07) is 8.67. The van der Waals surface area contributed by atoms with Crippen LogP contribution in [0.15, 0.2) is 24.3 Å². The summed E-state index contributed by atoms with van der Waals surface area (Å²) in [6.45, 7) is 2.11. The zero-order valence-electron chi connectivity index (χ0n) is 9.94. The molecule has 0 bridgehead atoms. The highest BCUT2D eigenvalue weighted by molar-refractivity contribution is 7.12. The normalized spacial score (nSPS) is 15.2. The summed E-state index contributed by atoms with van der Waals surface area (Å²) in [5.74, 6) is 0. The number of hydrogen-bond donors (Lipinski definition) is 1. The van der Waals surface area contributed by atoms with Crippen molar-refractivity contribution < 1.29 is 0 Å². The van der Waals surface area contributed by atoms with E-state index >= 15 is 0 Å². The van der Waals surface area contributed by atoms with E-state index in [2.05, 4.69) is 31.2 Å². The Bertz CT molecular complexity index is 545. The maximum Gasteiger partial charge on any atom is 0.110 e. The van der Waals surface area contributed by atoms with Crippen LogP contribution in [0.5, 0.6) is 0 Å². The predicted octanol–water partition coefficient (Wildman–Crippen LogP) is 3.32. The van der Waals surface area contributed by atoms with Gasteiger partial charge in [-0.05, 0) is 24.8 Å². The molecule has 1 atom stereocenters. The first-order chi connectivity index (χ1) is 8.29. The van der Waals surface area contributed by atoms with Gasteiger partial charge in [-0.25, -0.2) is 4.98 Å². The van der Waals surface area contributed by atoms with Crippen LogP contribution in [0.2, 0.25) is 0 Å². The molecule has 0 radical (unpaired) electrons. The third-order valence-corrected chi connectivity index (χ3v) is 4.61. The molecule has 0 aliphatic heterocycles. The van der Waals surface area contributed by atoms with Crippen molar-refractivity contribution in [3.8, 4) is 11.3 Å². The summed E-state index contributed by atoms with van der Waals surface area (Å²) >= 11 is 1.80. The molecule has 1 unspecified atom stereocenters. The molecule has 1 aromatic carbocycles. The molecule has 1 aromatic heterocycles. The maximum atomic E-state index is 6.07. The Kier molecular flexibility index (Phi) is 2.73. The van der Waals surface area contributed by atoms with Gasteiger partial charge in [0.2, 0.25) is 0 Å². The lowest BCUT2D eigenvalue weighted by atomic mass is 9.94. The molecule has 2 N–H and O–H groups in total. The molecule has 2 aromatic rings. The van der Waals surface area contributed by atoms with Gasteiger partial charge in [0.15, 0.2) is 0 Å². The van der Waals surface area contributed by atoms with E-state index in [4.69, 9.17) is 10.7 Å². The minimum atomic E-state index is 0.0952. The van der Waals surface area contributed by atoms with Crippen molar-refractivity contribution in [2.24, 2.45) is 5.73 Å². The molecule has 88 valence electrons. The van der Waals surface area contributed by atoms with Gasteiger partial charge in [0.1, 0.15) is 5.01 Å². The van der Waals surface area contributed by atoms with Crippen LogP contribution in [0.25, 0.3) is 11.3 Å². The molecule has 0 spiro atoms. The van der Waals surface area contributed by atoms with E-state index in [9.17, 15) is 0 Å². The number of hydrogen-bond acceptors (Lipinski definition) is 3. The van der Waals surface area contributed by atoms with E-state index < -0.39 is 0 Å². The van der Waals surface area contributed by atoms with E-state index in [1.54, 1.807) is 11.3 Å². The minimum Gasteiger partial charge on any atom is -0.322 e. The number of aryl methyl sites for hydroxylation is 2. The fourth-order valence-electron chi connectivity index (χ4n) is 2.30. The SMILES string of the molecule is CCC(N)c1nc2c(s1)CCc1ccccc1-2. The zero-order valence-corrected chi connectivity index (χ0v) is 10.8. The van der Waals surface area contributed by atoms with Crippen LogP contribution in [-0.4, -0.2) is 4.98 Å². The maximum absolute atomic E-state index is 6.07. The van der Waals surface area contributed by atoms with Crippen molar-refractivity contribution in [2.45, 2.75) is 32.2 Å². The number of benzene rings is 1. The first-order valence-electron chi connectivity index (χ1n) is 6.13. The van der Waals surface area contributed by atoms with Crippen LogP contribution in [-0.2, 0) is 12.8 Å². The van der Waals surface area contributed by atoms with E-state index in [0.717, 1.165) is 24.3 Å². The topological polar surface area (TPSA) is 38.9 Å². The van der Waals surface area contributed by atoms with Crippen LogP contribution in [0.4, 0.5) is 0 Å². The Balaban J connectivity index is 2.10. The van der Waals surface area contributed by atoms with Crippen molar-refractivity contribution in [3.05, 3.63) is 39.7 Å². The average Bonchev–Trinajstić information content (AvgIpc) is 2.82. The monoisotopic (exact) mass is 244 g/mol. The molecule has 2 nitrogen and oxygen atoms in total. The van der Waals surface area contributed by atoms with E-state index in [1.165, 1.54) is 21.7 Å². The average molecular weight is 244 g/mol. The van der Waals surface area contributed by atoms with Gasteiger partial charge in [-0.1, -0.05) is 31.2 Å². The molecular weight excluding hydrogens is 228 g/mol. The van der Waals surface area contributed by atoms with Crippen LogP contribution in [0, 0.1) is 0 Å². The lowest BCUT2D eigenvalue weighted by molar-refractivity contribution is 0.693. The molecule has 1 aliphatic carbocycles. The third kappa shape index (κ3) is 1.79. The van der Waals surface area contributed by atoms with Crippen molar-refractivity contribution in [2.75, 3.05) is 0 Å². The molecule has 0 saturated heterocycles. The van der Waals surface area contributed by atoms with Gasteiger partial charge in [0.25, 0.3) is 0 Å². The standard InChI is InChI=1S/C14H16N2S/c1-2-11(15)14-16-13-10-6-4-3-5-9(10)7-8-12(13)17-14/h3-6,11H,2,7-8,15H2,1H3. The Morgan fingerprint density at radius 2 is 2.18 bits per heavy atom. The van der Waals surface area contributed by atoms with Crippen molar-refractivity contribution in [3.63, 3.8) is 0 Å². The highest BCUT2D eigenvalue weighted by Crippen LogP contribution is 2.37. The van der Waals surface area contributed by atoms with Crippen molar-refractivity contribution in [1.82, 2.24) is 4.98 Å². The van der Waals surface area contributed by atoms with Gasteiger partial charge in [-0.15, -0.1) is 11.3 Å². The number of nitrogens with zero attached hydrogens (tertiary/aromatic N) is 1. The first-order valence-corrected chi connectivity index (χ1v) is 6.94. The molecule has 0 saturated carbocycles. The fraction of sp³-hybridized carbons (Fsp3) is 0.357. The number of nitrogens with two attached hydrogens (primary N) is 1. The van der Waals surface area contributed by atoms with Crippen LogP contribution >= 0.6 is 11.3 Å². The number of rotatable bonds is 2. The highest BCUT2D eigenvalue weighted by Gasteiger charge is 2.21. The summed E-state index contributed by atoms with van der Waals surface area (Å²) in [4.78, 5) is 6.16. The second-order valence-electron chi connectivity index (χ2n) is 4.50. The van der Waals surface area contributed by atoms with Crippen LogP contribution in [0.1, 0.15) is 34.8 Å². The van der Waals surface area contributed by atoms with E-state index in [1.807, 2.05) is 0 Å². The summed E-state index contributed by atoms with van der Waals surface area (Å²) in [5.41, 5.74) is 9.97. The quantitative estimate of drug-likeness (QED) is 0.880. The van der Waals surface area contributed by atoms with Gasteiger partial charge in [-0.2, -0.15) is 0 Å². The number of fused-ring (bicyclic) bond motifs is 3. The number of aromatic nitrogens is 1. The molecule has 3 rings (SSSR count). The Labute approximate surface area is 106 Å². The lowest BCUT2D eigenvalue weighted by Gasteiger charge is -2.13. The van der Waals surface area contributed by atoms with Gasteiger partial charge in [-0.3, -0.25) is 0 Å². The molecule has 1 heterocycles. The van der Waals surface area contributed by atoms with Crippen molar-refractivity contribution >= 4 is 11.3 Å². The molecule has 0 fully saturated rings. The van der Waals surface area contributed by atoms with E-state index in [-0.39, 0.29) is 6.04 Å². The Hall–Kier alpha value is -1.19. The second kappa shape index (κ2) is 4.24. The lowest BCUT2D eigenvalue weighted by Crippen LogP contribution is -2.07. The van der Waals surface area contributed by atoms with Gasteiger partial charge < -0.3 is 5.73 Å². The molecule has 0 amide bonds. The zero-order chi connectivity index (χ0) is 11.8. The Morgan fingerprint density at radius 3 is 3.00 bits per heavy atom. The Morgan fingerprint density at radius 1 is 1.35 bits per heavy atom. The molecule has 1 aliphatic rings. The largest absolute Gasteiger partial charge is 0.322 e. The molecule has 17 heavy (non-hydrogen) atoms. The summed E-state index contributed by atoms with van der Waals surface area (Å²) in [6.07, 6.45) is 3.20. The van der Waals surface area contributed by atoms with E-state index in [0.29, 0.717) is 0 Å². The summed E-state index contributed by atoms with van der Waals surface area (Å²) in [5, 5.41) is 1.09. The van der Waals surface area contributed by atoms with Gasteiger partial charge >= 0.3 is 0 Å². The third-order valence-electron chi connectivity index (χ3n) is 3.36. The summed E-state index contributed by atoms with van der Waals surface area (Å²) in [7, 11) is 0. The highest BCUT2D eigenvalue weighted by atomic mass is 32.1. The summed E-state index contributed by atoms with van der Waals surface area (Å²) < 4.78 is 0. The van der Waals surface area contributed by atoms with Gasteiger partial charge in [0, 0.05) is 10.4 Å². The fourth-order valence-corrected chi connectivity index (χ4v) is 3.46. The van der Waals surface area contributed by atoms with Crippen LogP contribution < -0.4 is 5.73 Å². The second-order valence-corrected chi connectivity index (χ2v) is 5.61. The smallest absolute Gasteiger partial charge is 0.110 e. The molecular formula is C14H16N2S.